The lowest BCUT2D eigenvalue weighted by Gasteiger charge is -2.17. The third-order valence-corrected chi connectivity index (χ3v) is 4.09. The van der Waals surface area contributed by atoms with Gasteiger partial charge in [0, 0.05) is 17.6 Å². The van der Waals surface area contributed by atoms with Gasteiger partial charge in [-0.25, -0.2) is 0 Å². The largest absolute Gasteiger partial charge is 0.271 e. The summed E-state index contributed by atoms with van der Waals surface area (Å²) in [5.74, 6) is 5.78. The molecule has 21 heavy (non-hydrogen) atoms. The lowest BCUT2D eigenvalue weighted by atomic mass is 9.97. The van der Waals surface area contributed by atoms with Gasteiger partial charge in [-0.05, 0) is 18.1 Å². The summed E-state index contributed by atoms with van der Waals surface area (Å²) in [4.78, 5) is 4.52. The molecule has 3 heteroatoms. The number of hydrogen-bond acceptors (Lipinski definition) is 3. The van der Waals surface area contributed by atoms with E-state index in [1.54, 1.807) is 0 Å². The van der Waals surface area contributed by atoms with Gasteiger partial charge in [0.25, 0.3) is 0 Å². The Hall–Kier alpha value is -1.45. The molecule has 1 aromatic heterocycles. The van der Waals surface area contributed by atoms with Crippen molar-refractivity contribution in [1.29, 1.82) is 0 Å². The van der Waals surface area contributed by atoms with Gasteiger partial charge in [-0.2, -0.15) is 0 Å². The van der Waals surface area contributed by atoms with Crippen molar-refractivity contribution in [2.45, 2.75) is 57.9 Å². The third kappa shape index (κ3) is 4.51. The molecule has 0 aliphatic carbocycles. The first-order valence-corrected chi connectivity index (χ1v) is 8.16. The molecule has 1 atom stereocenters. The number of benzene rings is 1. The second-order valence-corrected chi connectivity index (χ2v) is 5.70. The van der Waals surface area contributed by atoms with E-state index in [0.717, 1.165) is 11.9 Å². The van der Waals surface area contributed by atoms with Crippen LogP contribution in [0.1, 0.15) is 63.5 Å². The summed E-state index contributed by atoms with van der Waals surface area (Å²) < 4.78 is 0. The van der Waals surface area contributed by atoms with Crippen molar-refractivity contribution in [2.24, 2.45) is 5.84 Å². The fourth-order valence-electron chi connectivity index (χ4n) is 2.87. The van der Waals surface area contributed by atoms with Crippen LogP contribution < -0.4 is 11.3 Å². The van der Waals surface area contributed by atoms with Crippen LogP contribution in [-0.2, 0) is 0 Å². The Kier molecular flexibility index (Phi) is 6.64. The Morgan fingerprint density at radius 3 is 2.62 bits per heavy atom. The standard InChI is InChI=1S/C18H27N3/c1-2-3-4-5-6-7-13-17(21-19)16-12-8-10-15-11-9-14-20-18(15)16/h8-12,14,17,21H,2-7,13,19H2,1H3. The normalized spacial score (nSPS) is 12.7. The van der Waals surface area contributed by atoms with Crippen LogP contribution in [0.5, 0.6) is 0 Å². The predicted octanol–water partition coefficient (Wildman–Crippen LogP) is 4.49. The first-order valence-electron chi connectivity index (χ1n) is 8.16. The van der Waals surface area contributed by atoms with E-state index in [9.17, 15) is 0 Å². The third-order valence-electron chi connectivity index (χ3n) is 4.09. The molecule has 0 aliphatic heterocycles. The lowest BCUT2D eigenvalue weighted by Crippen LogP contribution is -2.28. The fraction of sp³-hybridized carbons (Fsp3) is 0.500. The van der Waals surface area contributed by atoms with Crippen LogP contribution in [0, 0.1) is 0 Å². The average molecular weight is 285 g/mol. The van der Waals surface area contributed by atoms with Gasteiger partial charge in [0.05, 0.1) is 5.52 Å². The Morgan fingerprint density at radius 2 is 1.81 bits per heavy atom. The number of nitrogens with two attached hydrogens (primary N) is 1. The van der Waals surface area contributed by atoms with Gasteiger partial charge in [-0.1, -0.05) is 69.7 Å². The van der Waals surface area contributed by atoms with E-state index in [2.05, 4.69) is 41.6 Å². The summed E-state index contributed by atoms with van der Waals surface area (Å²) in [6.45, 7) is 2.25. The first kappa shape index (κ1) is 15.9. The molecule has 0 amide bonds. The van der Waals surface area contributed by atoms with E-state index >= 15 is 0 Å². The van der Waals surface area contributed by atoms with Crippen LogP contribution in [0.2, 0.25) is 0 Å². The Bertz CT molecular complexity index is 533. The number of fused-ring (bicyclic) bond motifs is 1. The molecule has 1 unspecified atom stereocenters. The Morgan fingerprint density at radius 1 is 1.05 bits per heavy atom. The number of unbranched alkanes of at least 4 members (excludes halogenated alkanes) is 5. The number of nitrogens with one attached hydrogen (secondary N) is 1. The van der Waals surface area contributed by atoms with E-state index in [1.165, 1.54) is 49.5 Å². The number of pyridine rings is 1. The molecule has 0 fully saturated rings. The Balaban J connectivity index is 1.96. The second kappa shape index (κ2) is 8.75. The number of hydrogen-bond donors (Lipinski definition) is 2. The van der Waals surface area contributed by atoms with Gasteiger partial charge in [0.1, 0.15) is 0 Å². The highest BCUT2D eigenvalue weighted by Crippen LogP contribution is 2.25. The summed E-state index contributed by atoms with van der Waals surface area (Å²) in [5.41, 5.74) is 5.25. The molecule has 114 valence electrons. The minimum absolute atomic E-state index is 0.190. The summed E-state index contributed by atoms with van der Waals surface area (Å²) in [5, 5.41) is 1.18. The summed E-state index contributed by atoms with van der Waals surface area (Å²) in [6.07, 6.45) is 10.8. The number of nitrogens with zero attached hydrogens (tertiary/aromatic N) is 1. The average Bonchev–Trinajstić information content (AvgIpc) is 2.54. The number of para-hydroxylation sites is 1. The maximum Gasteiger partial charge on any atom is 0.0750 e. The van der Waals surface area contributed by atoms with E-state index in [0.29, 0.717) is 0 Å². The van der Waals surface area contributed by atoms with Crippen molar-refractivity contribution in [3.63, 3.8) is 0 Å². The molecule has 3 nitrogen and oxygen atoms in total. The first-order chi connectivity index (χ1) is 10.4. The van der Waals surface area contributed by atoms with Gasteiger partial charge in [0.2, 0.25) is 0 Å². The number of hydrazine groups is 1. The zero-order valence-electron chi connectivity index (χ0n) is 13.0. The van der Waals surface area contributed by atoms with Gasteiger partial charge < -0.3 is 0 Å². The highest BCUT2D eigenvalue weighted by atomic mass is 15.2. The van der Waals surface area contributed by atoms with Gasteiger partial charge in [-0.15, -0.1) is 0 Å². The molecule has 3 N–H and O–H groups in total. The molecule has 1 aromatic carbocycles. The maximum absolute atomic E-state index is 5.78. The molecule has 0 radical (unpaired) electrons. The van der Waals surface area contributed by atoms with Gasteiger partial charge in [0.15, 0.2) is 0 Å². The van der Waals surface area contributed by atoms with Crippen molar-refractivity contribution in [3.8, 4) is 0 Å². The number of aromatic nitrogens is 1. The minimum Gasteiger partial charge on any atom is -0.271 e. The van der Waals surface area contributed by atoms with Crippen LogP contribution in [0.3, 0.4) is 0 Å². The molecule has 2 rings (SSSR count). The van der Waals surface area contributed by atoms with Crippen molar-refractivity contribution in [1.82, 2.24) is 10.4 Å². The van der Waals surface area contributed by atoms with Crippen LogP contribution in [0.15, 0.2) is 36.5 Å². The fourth-order valence-corrected chi connectivity index (χ4v) is 2.87. The van der Waals surface area contributed by atoms with E-state index in [1.807, 2.05) is 12.3 Å². The Labute approximate surface area is 127 Å². The predicted molar refractivity (Wildman–Crippen MR) is 89.8 cm³/mol. The van der Waals surface area contributed by atoms with Crippen LogP contribution in [0.4, 0.5) is 0 Å². The SMILES string of the molecule is CCCCCCCCC(NN)c1cccc2cccnc12. The molecule has 0 bridgehead atoms. The highest BCUT2D eigenvalue weighted by Gasteiger charge is 2.13. The molecule has 0 spiro atoms. The lowest BCUT2D eigenvalue weighted by molar-refractivity contribution is 0.479. The smallest absolute Gasteiger partial charge is 0.0750 e. The van der Waals surface area contributed by atoms with E-state index in [4.69, 9.17) is 5.84 Å². The van der Waals surface area contributed by atoms with Crippen molar-refractivity contribution < 1.29 is 0 Å². The molecule has 0 saturated carbocycles. The second-order valence-electron chi connectivity index (χ2n) is 5.70. The van der Waals surface area contributed by atoms with E-state index in [-0.39, 0.29) is 6.04 Å². The molecular weight excluding hydrogens is 258 g/mol. The van der Waals surface area contributed by atoms with Gasteiger partial charge in [-0.3, -0.25) is 16.3 Å². The van der Waals surface area contributed by atoms with Crippen LogP contribution in [-0.4, -0.2) is 4.98 Å². The van der Waals surface area contributed by atoms with E-state index < -0.39 is 0 Å². The summed E-state index contributed by atoms with van der Waals surface area (Å²) in [6, 6.07) is 10.6. The summed E-state index contributed by atoms with van der Waals surface area (Å²) >= 11 is 0. The van der Waals surface area contributed by atoms with Crippen molar-refractivity contribution in [3.05, 3.63) is 42.1 Å². The van der Waals surface area contributed by atoms with Crippen molar-refractivity contribution >= 4 is 10.9 Å². The molecule has 2 aromatic rings. The zero-order chi connectivity index (χ0) is 14.9. The zero-order valence-corrected chi connectivity index (χ0v) is 13.0. The monoisotopic (exact) mass is 285 g/mol. The van der Waals surface area contributed by atoms with Crippen LogP contribution in [0.25, 0.3) is 10.9 Å². The van der Waals surface area contributed by atoms with Gasteiger partial charge >= 0.3 is 0 Å². The topological polar surface area (TPSA) is 50.9 Å². The molecule has 0 aliphatic rings. The molecule has 1 heterocycles. The number of rotatable bonds is 9. The molecule has 0 saturated heterocycles. The maximum atomic E-state index is 5.78. The van der Waals surface area contributed by atoms with Crippen molar-refractivity contribution in [2.75, 3.05) is 0 Å². The highest BCUT2D eigenvalue weighted by molar-refractivity contribution is 5.81. The summed E-state index contributed by atoms with van der Waals surface area (Å²) in [7, 11) is 0. The molecular formula is C18H27N3. The van der Waals surface area contributed by atoms with Crippen LogP contribution >= 0.6 is 0 Å². The quantitative estimate of drug-likeness (QED) is 0.405. The minimum atomic E-state index is 0.190.